The Kier molecular flexibility index (Phi) is 8.13. The summed E-state index contributed by atoms with van der Waals surface area (Å²) in [7, 11) is 0.954. The molecule has 0 bridgehead atoms. The second-order valence-corrected chi connectivity index (χ2v) is 4.32. The van der Waals surface area contributed by atoms with Crippen LogP contribution in [0.2, 0.25) is 0 Å². The molecule has 0 nitrogen and oxygen atoms in total. The van der Waals surface area contributed by atoms with Crippen molar-refractivity contribution in [1.29, 1.82) is 0 Å². The monoisotopic (exact) mass is 324 g/mol. The predicted octanol–water partition coefficient (Wildman–Crippen LogP) is -0.515. The molecule has 0 atom stereocenters. The van der Waals surface area contributed by atoms with Gasteiger partial charge in [-0.25, -0.2) is 8.78 Å². The Labute approximate surface area is 128 Å². The van der Waals surface area contributed by atoms with E-state index in [9.17, 15) is 8.78 Å². The third-order valence-corrected chi connectivity index (χ3v) is 3.02. The summed E-state index contributed by atoms with van der Waals surface area (Å²) in [5, 5.41) is 1.98. The van der Waals surface area contributed by atoms with E-state index in [1.165, 1.54) is 24.3 Å². The van der Waals surface area contributed by atoms with Gasteiger partial charge in [-0.3, -0.25) is 0 Å². The molecule has 0 aliphatic rings. The number of benzene rings is 2. The largest absolute Gasteiger partial charge is 2.00 e. The predicted molar refractivity (Wildman–Crippen MR) is 64.7 cm³/mol. The van der Waals surface area contributed by atoms with E-state index in [1.54, 1.807) is 24.3 Å². The van der Waals surface area contributed by atoms with Crippen LogP contribution < -0.4 is 27.6 Å². The molecule has 0 N–H and O–H groups in total. The molecule has 5 heteroatoms. The Morgan fingerprint density at radius 3 is 1.24 bits per heavy atom. The molecule has 0 spiro atoms. The Bertz CT molecular complexity index is 402. The minimum atomic E-state index is -0.243. The van der Waals surface area contributed by atoms with E-state index in [-0.39, 0.29) is 51.7 Å². The standard InChI is InChI=1S/C12H8F2P.BrH.Mg/c13-9-1-5-11(6-2-9)15-12-7-3-10(14)4-8-12;;/h1-8H;1H;/q-1;;+2/p-1. The van der Waals surface area contributed by atoms with E-state index in [2.05, 4.69) is 0 Å². The van der Waals surface area contributed by atoms with Crippen LogP contribution in [0.5, 0.6) is 0 Å². The molecule has 0 aliphatic heterocycles. The molecule has 0 aromatic heterocycles. The fraction of sp³-hybridized carbons (Fsp3) is 0. The second kappa shape index (κ2) is 8.14. The van der Waals surface area contributed by atoms with Crippen LogP contribution in [0.15, 0.2) is 48.5 Å². The van der Waals surface area contributed by atoms with Gasteiger partial charge < -0.3 is 25.6 Å². The van der Waals surface area contributed by atoms with Gasteiger partial charge in [0, 0.05) is 0 Å². The van der Waals surface area contributed by atoms with Crippen LogP contribution in [0.4, 0.5) is 8.78 Å². The van der Waals surface area contributed by atoms with Gasteiger partial charge in [0.15, 0.2) is 0 Å². The van der Waals surface area contributed by atoms with Gasteiger partial charge in [-0.2, -0.15) is 10.6 Å². The van der Waals surface area contributed by atoms with Crippen molar-refractivity contribution >= 4 is 42.2 Å². The molecular formula is C12H8BrF2MgP. The molecule has 84 valence electrons. The smallest absolute Gasteiger partial charge is 1.00 e. The SMILES string of the molecule is Fc1ccc([P-]c2ccc(F)cc2)cc1.[Br-].[Mg+2]. The molecule has 2 aromatic rings. The van der Waals surface area contributed by atoms with Gasteiger partial charge in [0.1, 0.15) is 11.6 Å². The quantitative estimate of drug-likeness (QED) is 0.515. The average Bonchev–Trinajstić information content (AvgIpc) is 2.25. The van der Waals surface area contributed by atoms with E-state index in [4.69, 9.17) is 0 Å². The van der Waals surface area contributed by atoms with E-state index < -0.39 is 0 Å². The second-order valence-electron chi connectivity index (χ2n) is 3.06. The average molecular weight is 325 g/mol. The summed E-state index contributed by atoms with van der Waals surface area (Å²) in [5.41, 5.74) is 0. The molecule has 0 aliphatic carbocycles. The summed E-state index contributed by atoms with van der Waals surface area (Å²) in [6.07, 6.45) is 0. The first-order valence-electron chi connectivity index (χ1n) is 4.47. The topological polar surface area (TPSA) is 0 Å². The van der Waals surface area contributed by atoms with Crippen molar-refractivity contribution in [3.8, 4) is 0 Å². The van der Waals surface area contributed by atoms with Gasteiger partial charge in [0.2, 0.25) is 0 Å². The Morgan fingerprint density at radius 2 is 0.941 bits per heavy atom. The Balaban J connectivity index is 0.00000128. The van der Waals surface area contributed by atoms with Crippen LogP contribution in [-0.4, -0.2) is 23.1 Å². The number of halogens is 3. The van der Waals surface area contributed by atoms with E-state index in [0.29, 0.717) is 0 Å². The molecule has 2 rings (SSSR count). The minimum absolute atomic E-state index is 0. The van der Waals surface area contributed by atoms with Gasteiger partial charge in [0.05, 0.1) is 0 Å². The molecule has 0 heterocycles. The zero-order valence-electron chi connectivity index (χ0n) is 8.91. The molecule has 0 fully saturated rings. The van der Waals surface area contributed by atoms with Gasteiger partial charge in [-0.05, 0) is 24.3 Å². The van der Waals surface area contributed by atoms with Crippen molar-refractivity contribution in [3.63, 3.8) is 0 Å². The number of hydrogen-bond acceptors (Lipinski definition) is 0. The maximum atomic E-state index is 12.6. The van der Waals surface area contributed by atoms with E-state index in [0.717, 1.165) is 19.2 Å². The first-order valence-corrected chi connectivity index (χ1v) is 5.36. The number of hydrogen-bond donors (Lipinski definition) is 0. The number of rotatable bonds is 2. The molecule has 17 heavy (non-hydrogen) atoms. The first-order chi connectivity index (χ1) is 7.24. The van der Waals surface area contributed by atoms with Crippen molar-refractivity contribution in [3.05, 3.63) is 60.2 Å². The van der Waals surface area contributed by atoms with Crippen molar-refractivity contribution in [2.45, 2.75) is 0 Å². The van der Waals surface area contributed by atoms with Gasteiger partial charge >= 0.3 is 23.1 Å². The molecule has 0 unspecified atom stereocenters. The van der Waals surface area contributed by atoms with Gasteiger partial charge in [0.25, 0.3) is 0 Å². The van der Waals surface area contributed by atoms with E-state index >= 15 is 0 Å². The fourth-order valence-corrected chi connectivity index (χ4v) is 2.07. The van der Waals surface area contributed by atoms with Crippen LogP contribution in [0.3, 0.4) is 0 Å². The Morgan fingerprint density at radius 1 is 0.647 bits per heavy atom. The zero-order valence-corrected chi connectivity index (χ0v) is 12.8. The normalized spacial score (nSPS) is 9.06. The van der Waals surface area contributed by atoms with Crippen molar-refractivity contribution < 1.29 is 25.8 Å². The molecular weight excluding hydrogens is 317 g/mol. The van der Waals surface area contributed by atoms with Crippen LogP contribution in [0.25, 0.3) is 0 Å². The molecule has 0 saturated carbocycles. The van der Waals surface area contributed by atoms with Crippen LogP contribution >= 0.6 is 8.58 Å². The summed E-state index contributed by atoms with van der Waals surface area (Å²) in [6, 6.07) is 12.6. The molecule has 0 amide bonds. The Hall–Kier alpha value is -0.0238. The molecule has 2 aromatic carbocycles. The maximum absolute atomic E-state index is 12.6. The summed E-state index contributed by atoms with van der Waals surface area (Å²) in [5.74, 6) is -0.485. The van der Waals surface area contributed by atoms with Crippen molar-refractivity contribution in [2.75, 3.05) is 0 Å². The third-order valence-electron chi connectivity index (χ3n) is 1.91. The van der Waals surface area contributed by atoms with Crippen LogP contribution in [0.1, 0.15) is 0 Å². The first kappa shape index (κ1) is 17.0. The zero-order chi connectivity index (χ0) is 10.7. The summed E-state index contributed by atoms with van der Waals surface area (Å²) in [6.45, 7) is 0. The summed E-state index contributed by atoms with van der Waals surface area (Å²) >= 11 is 0. The van der Waals surface area contributed by atoms with E-state index in [1.807, 2.05) is 0 Å². The molecule has 0 saturated heterocycles. The van der Waals surface area contributed by atoms with Crippen LogP contribution in [-0.2, 0) is 0 Å². The van der Waals surface area contributed by atoms with Crippen molar-refractivity contribution in [1.82, 2.24) is 0 Å². The third kappa shape index (κ3) is 5.43. The maximum Gasteiger partial charge on any atom is 2.00 e. The summed E-state index contributed by atoms with van der Waals surface area (Å²) < 4.78 is 25.3. The van der Waals surface area contributed by atoms with Crippen LogP contribution in [0, 0.1) is 11.6 Å². The minimum Gasteiger partial charge on any atom is -1.00 e. The van der Waals surface area contributed by atoms with Gasteiger partial charge in [-0.15, -0.1) is 0 Å². The van der Waals surface area contributed by atoms with Gasteiger partial charge in [-0.1, -0.05) is 24.3 Å². The summed E-state index contributed by atoms with van der Waals surface area (Å²) in [4.78, 5) is 0. The molecule has 0 radical (unpaired) electrons. The fourth-order valence-electron chi connectivity index (χ4n) is 1.18. The van der Waals surface area contributed by atoms with Crippen molar-refractivity contribution in [2.24, 2.45) is 0 Å².